The van der Waals surface area contributed by atoms with Gasteiger partial charge in [-0.25, -0.2) is 0 Å². The van der Waals surface area contributed by atoms with E-state index in [9.17, 15) is 4.79 Å². The summed E-state index contributed by atoms with van der Waals surface area (Å²) >= 11 is 0. The average Bonchev–Trinajstić information content (AvgIpc) is 2.73. The van der Waals surface area contributed by atoms with Crippen LogP contribution in [-0.2, 0) is 17.9 Å². The number of hydrogen-bond acceptors (Lipinski definition) is 3. The highest BCUT2D eigenvalue weighted by Gasteiger charge is 2.20. The fraction of sp³-hybridized carbons (Fsp3) is 0.391. The Labute approximate surface area is 173 Å². The molecule has 3 N–H and O–H groups in total. The molecule has 0 radical (unpaired) electrons. The molecule has 29 heavy (non-hydrogen) atoms. The van der Waals surface area contributed by atoms with Gasteiger partial charge in [0.1, 0.15) is 0 Å². The molecule has 0 aromatic heterocycles. The summed E-state index contributed by atoms with van der Waals surface area (Å²) in [5.74, 6) is 0.752. The number of amides is 1. The molecule has 6 nitrogen and oxygen atoms in total. The van der Waals surface area contributed by atoms with Crippen LogP contribution in [0.4, 0.5) is 5.69 Å². The van der Waals surface area contributed by atoms with Crippen LogP contribution in [0.25, 0.3) is 0 Å². The molecule has 1 fully saturated rings. The van der Waals surface area contributed by atoms with Crippen molar-refractivity contribution in [2.45, 2.75) is 38.9 Å². The molecule has 0 bridgehead atoms. The van der Waals surface area contributed by atoms with Gasteiger partial charge in [0.2, 0.25) is 5.91 Å². The third-order valence-corrected chi connectivity index (χ3v) is 5.11. The number of carbonyl (C=O) groups excluding carboxylic acids is 1. The van der Waals surface area contributed by atoms with E-state index in [1.165, 1.54) is 12.5 Å². The molecule has 2 aromatic rings. The van der Waals surface area contributed by atoms with Crippen molar-refractivity contribution in [2.24, 2.45) is 4.99 Å². The van der Waals surface area contributed by atoms with Gasteiger partial charge in [0.05, 0.1) is 0 Å². The first kappa shape index (κ1) is 20.9. The molecule has 0 atom stereocenters. The molecule has 1 heterocycles. The summed E-state index contributed by atoms with van der Waals surface area (Å²) in [6.07, 6.45) is 2.21. The summed E-state index contributed by atoms with van der Waals surface area (Å²) in [5.41, 5.74) is 3.28. The van der Waals surface area contributed by atoms with Crippen LogP contribution >= 0.6 is 0 Å². The Bertz CT molecular complexity index is 813. The summed E-state index contributed by atoms with van der Waals surface area (Å²) in [6, 6.07) is 18.9. The van der Waals surface area contributed by atoms with Crippen LogP contribution in [0.1, 0.15) is 30.9 Å². The molecular formula is C23H31N5O. The Morgan fingerprint density at radius 2 is 1.79 bits per heavy atom. The van der Waals surface area contributed by atoms with Crippen LogP contribution < -0.4 is 16.0 Å². The minimum Gasteiger partial charge on any atom is -0.354 e. The maximum Gasteiger partial charge on any atom is 0.221 e. The second kappa shape index (κ2) is 10.6. The van der Waals surface area contributed by atoms with Gasteiger partial charge < -0.3 is 16.0 Å². The first-order valence-corrected chi connectivity index (χ1v) is 10.2. The van der Waals surface area contributed by atoms with E-state index in [1.807, 2.05) is 24.3 Å². The molecule has 0 aliphatic carbocycles. The first-order valence-electron chi connectivity index (χ1n) is 10.2. The Hall–Kier alpha value is -2.86. The molecule has 6 heteroatoms. The highest BCUT2D eigenvalue weighted by molar-refractivity contribution is 5.88. The van der Waals surface area contributed by atoms with Crippen LogP contribution in [0.3, 0.4) is 0 Å². The van der Waals surface area contributed by atoms with Crippen molar-refractivity contribution < 1.29 is 4.79 Å². The van der Waals surface area contributed by atoms with E-state index in [-0.39, 0.29) is 5.91 Å². The Morgan fingerprint density at radius 1 is 1.07 bits per heavy atom. The first-order chi connectivity index (χ1) is 14.1. The van der Waals surface area contributed by atoms with Crippen LogP contribution in [0.5, 0.6) is 0 Å². The second-order valence-corrected chi connectivity index (χ2v) is 7.49. The van der Waals surface area contributed by atoms with Crippen molar-refractivity contribution in [3.8, 4) is 0 Å². The minimum atomic E-state index is -0.0637. The Kier molecular flexibility index (Phi) is 7.64. The number of likely N-dealkylation sites (tertiary alicyclic amines) is 1. The number of benzene rings is 2. The quantitative estimate of drug-likeness (QED) is 0.521. The monoisotopic (exact) mass is 393 g/mol. The predicted molar refractivity (Wildman–Crippen MR) is 119 cm³/mol. The summed E-state index contributed by atoms with van der Waals surface area (Å²) < 4.78 is 0. The van der Waals surface area contributed by atoms with E-state index in [1.54, 1.807) is 7.05 Å². The molecule has 0 unspecified atom stereocenters. The zero-order chi connectivity index (χ0) is 20.5. The number of nitrogens with one attached hydrogen (secondary N) is 3. The van der Waals surface area contributed by atoms with Crippen molar-refractivity contribution >= 4 is 17.6 Å². The maximum absolute atomic E-state index is 11.2. The molecule has 154 valence electrons. The van der Waals surface area contributed by atoms with Gasteiger partial charge in [0.15, 0.2) is 5.96 Å². The number of anilines is 1. The highest BCUT2D eigenvalue weighted by Crippen LogP contribution is 2.14. The SMILES string of the molecule is CN=C(NCc1cccc(NC(C)=O)c1)NC1CCN(Cc2ccccc2)CC1. The van der Waals surface area contributed by atoms with Gasteiger partial charge in [0.25, 0.3) is 0 Å². The molecule has 0 spiro atoms. The molecular weight excluding hydrogens is 362 g/mol. The molecule has 2 aromatic carbocycles. The molecule has 1 saturated heterocycles. The van der Waals surface area contributed by atoms with Gasteiger partial charge in [-0.2, -0.15) is 0 Å². The smallest absolute Gasteiger partial charge is 0.221 e. The second-order valence-electron chi connectivity index (χ2n) is 7.49. The zero-order valence-electron chi connectivity index (χ0n) is 17.3. The van der Waals surface area contributed by atoms with Crippen molar-refractivity contribution in [1.82, 2.24) is 15.5 Å². The number of guanidine groups is 1. The summed E-state index contributed by atoms with van der Waals surface area (Å²) in [5, 5.41) is 9.74. The number of rotatable bonds is 6. The number of aliphatic imine (C=N–C) groups is 1. The van der Waals surface area contributed by atoms with E-state index in [0.717, 1.165) is 49.7 Å². The van der Waals surface area contributed by atoms with Crippen molar-refractivity contribution in [3.05, 3.63) is 65.7 Å². The lowest BCUT2D eigenvalue weighted by Crippen LogP contribution is -2.48. The predicted octanol–water partition coefficient (Wildman–Crippen LogP) is 2.97. The van der Waals surface area contributed by atoms with Crippen molar-refractivity contribution in [3.63, 3.8) is 0 Å². The van der Waals surface area contributed by atoms with Crippen LogP contribution in [0, 0.1) is 0 Å². The van der Waals surface area contributed by atoms with Gasteiger partial charge in [0, 0.05) is 51.9 Å². The number of hydrogen-bond donors (Lipinski definition) is 3. The van der Waals surface area contributed by atoms with Crippen LogP contribution in [0.2, 0.25) is 0 Å². The molecule has 1 aliphatic rings. The summed E-state index contributed by atoms with van der Waals surface area (Å²) in [4.78, 5) is 18.1. The lowest BCUT2D eigenvalue weighted by atomic mass is 10.0. The minimum absolute atomic E-state index is 0.0637. The van der Waals surface area contributed by atoms with Crippen molar-refractivity contribution in [1.29, 1.82) is 0 Å². The molecule has 3 rings (SSSR count). The van der Waals surface area contributed by atoms with Gasteiger partial charge in [-0.3, -0.25) is 14.7 Å². The third-order valence-electron chi connectivity index (χ3n) is 5.11. The molecule has 1 amide bonds. The number of nitrogens with zero attached hydrogens (tertiary/aromatic N) is 2. The normalized spacial score (nSPS) is 15.7. The Balaban J connectivity index is 1.43. The van der Waals surface area contributed by atoms with E-state index in [0.29, 0.717) is 12.6 Å². The molecule has 0 saturated carbocycles. The van der Waals surface area contributed by atoms with Gasteiger partial charge in [-0.15, -0.1) is 0 Å². The van der Waals surface area contributed by atoms with E-state index < -0.39 is 0 Å². The number of piperidine rings is 1. The van der Waals surface area contributed by atoms with E-state index in [2.05, 4.69) is 56.2 Å². The highest BCUT2D eigenvalue weighted by atomic mass is 16.1. The fourth-order valence-corrected chi connectivity index (χ4v) is 3.61. The third kappa shape index (κ3) is 6.91. The van der Waals surface area contributed by atoms with Crippen LogP contribution in [-0.4, -0.2) is 42.9 Å². The standard InChI is InChI=1S/C23H31N5O/c1-18(29)26-22-10-6-9-20(15-22)16-25-23(24-2)27-21-11-13-28(14-12-21)17-19-7-4-3-5-8-19/h3-10,15,21H,11-14,16-17H2,1-2H3,(H,26,29)(H2,24,25,27). The largest absolute Gasteiger partial charge is 0.354 e. The fourth-order valence-electron chi connectivity index (χ4n) is 3.61. The lowest BCUT2D eigenvalue weighted by Gasteiger charge is -2.33. The average molecular weight is 394 g/mol. The lowest BCUT2D eigenvalue weighted by molar-refractivity contribution is -0.114. The van der Waals surface area contributed by atoms with Gasteiger partial charge in [-0.05, 0) is 36.1 Å². The summed E-state index contributed by atoms with van der Waals surface area (Å²) in [6.45, 7) is 5.36. The van der Waals surface area contributed by atoms with Gasteiger partial charge >= 0.3 is 0 Å². The topological polar surface area (TPSA) is 68.8 Å². The van der Waals surface area contributed by atoms with E-state index in [4.69, 9.17) is 0 Å². The molecule has 1 aliphatic heterocycles. The van der Waals surface area contributed by atoms with Crippen LogP contribution in [0.15, 0.2) is 59.6 Å². The summed E-state index contributed by atoms with van der Waals surface area (Å²) in [7, 11) is 1.80. The zero-order valence-corrected chi connectivity index (χ0v) is 17.3. The van der Waals surface area contributed by atoms with Crippen molar-refractivity contribution in [2.75, 3.05) is 25.5 Å². The maximum atomic E-state index is 11.2. The van der Waals surface area contributed by atoms with E-state index >= 15 is 0 Å². The Morgan fingerprint density at radius 3 is 2.48 bits per heavy atom. The van der Waals surface area contributed by atoms with Gasteiger partial charge in [-0.1, -0.05) is 42.5 Å². The number of carbonyl (C=O) groups is 1.